The molecule has 1 saturated heterocycles. The molecule has 1 unspecified atom stereocenters. The van der Waals surface area contributed by atoms with Crippen LogP contribution in [0.2, 0.25) is 5.02 Å². The van der Waals surface area contributed by atoms with Gasteiger partial charge in [-0.15, -0.1) is 0 Å². The molecule has 3 aromatic rings. The van der Waals surface area contributed by atoms with Crippen LogP contribution in [-0.4, -0.2) is 37.2 Å². The van der Waals surface area contributed by atoms with Crippen LogP contribution in [-0.2, 0) is 4.79 Å². The molecule has 4 rings (SSSR count). The lowest BCUT2D eigenvalue weighted by Gasteiger charge is -2.34. The first-order chi connectivity index (χ1) is 15.0. The van der Waals surface area contributed by atoms with Gasteiger partial charge in [0, 0.05) is 23.0 Å². The van der Waals surface area contributed by atoms with E-state index in [1.54, 1.807) is 18.2 Å². The molecular formula is C24H26ClN3O3. The van der Waals surface area contributed by atoms with Crippen LogP contribution in [0.3, 0.4) is 0 Å². The van der Waals surface area contributed by atoms with Gasteiger partial charge in [0.1, 0.15) is 22.8 Å². The van der Waals surface area contributed by atoms with Crippen LogP contribution in [0.5, 0.6) is 11.5 Å². The fraction of sp³-hybridized carbons (Fsp3) is 0.333. The molecule has 2 aromatic carbocycles. The van der Waals surface area contributed by atoms with Crippen molar-refractivity contribution in [1.29, 1.82) is 0 Å². The molecule has 0 radical (unpaired) electrons. The van der Waals surface area contributed by atoms with Crippen molar-refractivity contribution in [2.45, 2.75) is 32.2 Å². The van der Waals surface area contributed by atoms with Gasteiger partial charge in [0.2, 0.25) is 0 Å². The number of anilines is 2. The lowest BCUT2D eigenvalue weighted by atomic mass is 10.0. The smallest absolute Gasteiger partial charge is 0.262 e. The van der Waals surface area contributed by atoms with E-state index in [1.807, 2.05) is 18.2 Å². The molecule has 1 atom stereocenters. The summed E-state index contributed by atoms with van der Waals surface area (Å²) in [5, 5.41) is 4.27. The lowest BCUT2D eigenvalue weighted by Crippen LogP contribution is -2.37. The van der Waals surface area contributed by atoms with Gasteiger partial charge in [-0.25, -0.2) is 4.98 Å². The second-order valence-corrected chi connectivity index (χ2v) is 8.15. The van der Waals surface area contributed by atoms with Crippen molar-refractivity contribution in [3.8, 4) is 11.5 Å². The maximum Gasteiger partial charge on any atom is 0.262 e. The van der Waals surface area contributed by atoms with Crippen molar-refractivity contribution in [1.82, 2.24) is 4.98 Å². The van der Waals surface area contributed by atoms with Crippen molar-refractivity contribution in [2.75, 3.05) is 30.5 Å². The number of para-hydroxylation sites is 1. The number of pyridine rings is 1. The van der Waals surface area contributed by atoms with E-state index in [0.29, 0.717) is 28.3 Å². The maximum atomic E-state index is 12.5. The number of benzene rings is 2. The Morgan fingerprint density at radius 3 is 2.87 bits per heavy atom. The van der Waals surface area contributed by atoms with Gasteiger partial charge in [-0.1, -0.05) is 23.7 Å². The number of methoxy groups -OCH3 is 1. The Hall–Kier alpha value is -2.99. The molecule has 2 heterocycles. The van der Waals surface area contributed by atoms with Gasteiger partial charge < -0.3 is 19.7 Å². The average Bonchev–Trinajstić information content (AvgIpc) is 2.78. The first-order valence-corrected chi connectivity index (χ1v) is 10.9. The van der Waals surface area contributed by atoms with Gasteiger partial charge in [-0.3, -0.25) is 4.79 Å². The predicted molar refractivity (Wildman–Crippen MR) is 125 cm³/mol. The predicted octanol–water partition coefficient (Wildman–Crippen LogP) is 5.29. The average molecular weight is 440 g/mol. The fourth-order valence-corrected chi connectivity index (χ4v) is 4.10. The van der Waals surface area contributed by atoms with Crippen LogP contribution in [0.1, 0.15) is 26.2 Å². The van der Waals surface area contributed by atoms with E-state index in [2.05, 4.69) is 29.3 Å². The number of hydrogen-bond donors (Lipinski definition) is 1. The number of nitrogens with one attached hydrogen (secondary N) is 1. The summed E-state index contributed by atoms with van der Waals surface area (Å²) in [6, 6.07) is 15.4. The summed E-state index contributed by atoms with van der Waals surface area (Å²) in [6.45, 7) is 3.09. The number of fused-ring (bicyclic) bond motifs is 1. The molecule has 1 fully saturated rings. The zero-order valence-electron chi connectivity index (χ0n) is 17.7. The summed E-state index contributed by atoms with van der Waals surface area (Å²) in [5.41, 5.74) is 1.26. The SMILES string of the molecule is COc1ccc(Cl)cc1NC(=O)COc1cccc2ccc(N3CCCCC3C)nc12. The number of carbonyl (C=O) groups excluding carboxylic acids is 1. The molecule has 0 saturated carbocycles. The molecule has 162 valence electrons. The number of rotatable bonds is 6. The van der Waals surface area contributed by atoms with Gasteiger partial charge >= 0.3 is 0 Å². The number of nitrogens with zero attached hydrogens (tertiary/aromatic N) is 2. The molecule has 31 heavy (non-hydrogen) atoms. The molecule has 0 spiro atoms. The topological polar surface area (TPSA) is 63.7 Å². The normalized spacial score (nSPS) is 16.2. The Balaban J connectivity index is 1.51. The van der Waals surface area contributed by atoms with E-state index in [-0.39, 0.29) is 12.5 Å². The van der Waals surface area contributed by atoms with Crippen molar-refractivity contribution >= 4 is 39.9 Å². The van der Waals surface area contributed by atoms with E-state index < -0.39 is 0 Å². The number of hydrogen-bond acceptors (Lipinski definition) is 5. The second kappa shape index (κ2) is 9.43. The number of ether oxygens (including phenoxy) is 2. The van der Waals surface area contributed by atoms with Crippen LogP contribution >= 0.6 is 11.6 Å². The molecular weight excluding hydrogens is 414 g/mol. The first kappa shape index (κ1) is 21.2. The highest BCUT2D eigenvalue weighted by atomic mass is 35.5. The van der Waals surface area contributed by atoms with Crippen molar-refractivity contribution in [3.63, 3.8) is 0 Å². The molecule has 0 aliphatic carbocycles. The van der Waals surface area contributed by atoms with Crippen LogP contribution < -0.4 is 19.7 Å². The minimum atomic E-state index is -0.307. The zero-order valence-corrected chi connectivity index (χ0v) is 18.5. The van der Waals surface area contributed by atoms with E-state index in [4.69, 9.17) is 26.1 Å². The molecule has 1 aliphatic heterocycles. The minimum Gasteiger partial charge on any atom is -0.495 e. The Kier molecular flexibility index (Phi) is 6.47. The van der Waals surface area contributed by atoms with E-state index >= 15 is 0 Å². The Morgan fingerprint density at radius 2 is 2.06 bits per heavy atom. The van der Waals surface area contributed by atoms with Gasteiger partial charge in [0.15, 0.2) is 6.61 Å². The van der Waals surface area contributed by atoms with Gasteiger partial charge in [0.05, 0.1) is 12.8 Å². The standard InChI is InChI=1S/C24H26ClN3O3/c1-16-6-3-4-13-28(16)22-12-9-17-7-5-8-21(24(17)27-22)31-15-23(29)26-19-14-18(25)10-11-20(19)30-2/h5,7-12,14,16H,3-4,6,13,15H2,1-2H3,(H,26,29). The van der Waals surface area contributed by atoms with Gasteiger partial charge in [0.25, 0.3) is 5.91 Å². The van der Waals surface area contributed by atoms with Gasteiger partial charge in [-0.2, -0.15) is 0 Å². The monoisotopic (exact) mass is 439 g/mol. The Morgan fingerprint density at radius 1 is 1.19 bits per heavy atom. The summed E-state index contributed by atoms with van der Waals surface area (Å²) in [5.74, 6) is 1.75. The highest BCUT2D eigenvalue weighted by Crippen LogP contribution is 2.30. The van der Waals surface area contributed by atoms with Crippen LogP contribution in [0, 0.1) is 0 Å². The highest BCUT2D eigenvalue weighted by molar-refractivity contribution is 6.31. The summed E-state index contributed by atoms with van der Waals surface area (Å²) < 4.78 is 11.1. The lowest BCUT2D eigenvalue weighted by molar-refractivity contribution is -0.118. The Labute approximate surface area is 187 Å². The van der Waals surface area contributed by atoms with Gasteiger partial charge in [-0.05, 0) is 62.6 Å². The van der Waals surface area contributed by atoms with Crippen LogP contribution in [0.15, 0.2) is 48.5 Å². The fourth-order valence-electron chi connectivity index (χ4n) is 3.93. The summed E-state index contributed by atoms with van der Waals surface area (Å²) >= 11 is 6.03. The summed E-state index contributed by atoms with van der Waals surface area (Å²) in [6.07, 6.45) is 3.60. The van der Waals surface area contributed by atoms with Crippen molar-refractivity contribution in [2.24, 2.45) is 0 Å². The second-order valence-electron chi connectivity index (χ2n) is 7.72. The van der Waals surface area contributed by atoms with E-state index in [9.17, 15) is 4.79 Å². The quantitative estimate of drug-likeness (QED) is 0.565. The van der Waals surface area contributed by atoms with Crippen molar-refractivity contribution in [3.05, 3.63) is 53.6 Å². The third kappa shape index (κ3) is 4.85. The molecule has 6 nitrogen and oxygen atoms in total. The van der Waals surface area contributed by atoms with Crippen LogP contribution in [0.25, 0.3) is 10.9 Å². The van der Waals surface area contributed by atoms with Crippen LogP contribution in [0.4, 0.5) is 11.5 Å². The Bertz CT molecular complexity index is 1090. The largest absolute Gasteiger partial charge is 0.495 e. The van der Waals surface area contributed by atoms with E-state index in [0.717, 1.165) is 23.3 Å². The number of halogens is 1. The molecule has 0 bridgehead atoms. The first-order valence-electron chi connectivity index (χ1n) is 10.5. The number of amides is 1. The molecule has 1 amide bonds. The number of aromatic nitrogens is 1. The third-order valence-corrected chi connectivity index (χ3v) is 5.80. The molecule has 1 aliphatic rings. The molecule has 1 N–H and O–H groups in total. The third-order valence-electron chi connectivity index (χ3n) is 5.56. The summed E-state index contributed by atoms with van der Waals surface area (Å²) in [4.78, 5) is 19.7. The zero-order chi connectivity index (χ0) is 21.8. The van der Waals surface area contributed by atoms with Crippen molar-refractivity contribution < 1.29 is 14.3 Å². The highest BCUT2D eigenvalue weighted by Gasteiger charge is 2.20. The molecule has 7 heteroatoms. The van der Waals surface area contributed by atoms with E-state index in [1.165, 1.54) is 26.4 Å². The minimum absolute atomic E-state index is 0.152. The molecule has 1 aromatic heterocycles. The summed E-state index contributed by atoms with van der Waals surface area (Å²) in [7, 11) is 1.54. The number of carbonyl (C=O) groups is 1. The maximum absolute atomic E-state index is 12.5. The number of piperidine rings is 1.